The highest BCUT2D eigenvalue weighted by Gasteiger charge is 2.15. The summed E-state index contributed by atoms with van der Waals surface area (Å²) in [4.78, 5) is 22.7. The van der Waals surface area contributed by atoms with E-state index in [1.54, 1.807) is 37.3 Å². The molecule has 0 saturated heterocycles. The van der Waals surface area contributed by atoms with Gasteiger partial charge in [-0.25, -0.2) is 5.43 Å². The molecule has 3 aromatic carbocycles. The third kappa shape index (κ3) is 4.31. The summed E-state index contributed by atoms with van der Waals surface area (Å²) in [5.74, 6) is -0.535. The fourth-order valence-electron chi connectivity index (χ4n) is 3.32. The number of fused-ring (bicyclic) bond motifs is 1. The SMILES string of the molecule is Cc1cc([N+](=O)[O-])nn1Cc1ccc(C(=O)NN=Cc2c(O)ccc3ccccc23)cc1. The molecular weight excluding hydrogens is 410 g/mol. The molecule has 0 aliphatic heterocycles. The van der Waals surface area contributed by atoms with Gasteiger partial charge in [0.1, 0.15) is 5.75 Å². The smallest absolute Gasteiger partial charge is 0.390 e. The Labute approximate surface area is 182 Å². The predicted molar refractivity (Wildman–Crippen MR) is 120 cm³/mol. The van der Waals surface area contributed by atoms with Gasteiger partial charge in [0.25, 0.3) is 5.91 Å². The van der Waals surface area contributed by atoms with Crippen molar-refractivity contribution < 1.29 is 14.8 Å². The number of benzene rings is 3. The summed E-state index contributed by atoms with van der Waals surface area (Å²) in [5.41, 5.74) is 4.89. The minimum absolute atomic E-state index is 0.0696. The number of hydrazone groups is 1. The molecule has 9 nitrogen and oxygen atoms in total. The Morgan fingerprint density at radius 3 is 2.66 bits per heavy atom. The summed E-state index contributed by atoms with van der Waals surface area (Å²) in [7, 11) is 0. The molecule has 160 valence electrons. The maximum Gasteiger partial charge on any atom is 0.390 e. The van der Waals surface area contributed by atoms with Gasteiger partial charge in [-0.1, -0.05) is 42.5 Å². The molecule has 0 saturated carbocycles. The van der Waals surface area contributed by atoms with E-state index in [1.165, 1.54) is 17.0 Å². The van der Waals surface area contributed by atoms with Gasteiger partial charge >= 0.3 is 5.82 Å². The Bertz CT molecular complexity index is 1340. The number of aryl methyl sites for hydroxylation is 1. The largest absolute Gasteiger partial charge is 0.507 e. The van der Waals surface area contributed by atoms with Crippen molar-refractivity contribution in [2.24, 2.45) is 5.10 Å². The fourth-order valence-corrected chi connectivity index (χ4v) is 3.32. The summed E-state index contributed by atoms with van der Waals surface area (Å²) in [6.07, 6.45) is 1.41. The molecule has 0 unspecified atom stereocenters. The van der Waals surface area contributed by atoms with Crippen LogP contribution in [0.25, 0.3) is 10.8 Å². The van der Waals surface area contributed by atoms with Crippen LogP contribution >= 0.6 is 0 Å². The number of nitro groups is 1. The molecule has 1 aromatic heterocycles. The first-order valence-corrected chi connectivity index (χ1v) is 9.74. The highest BCUT2D eigenvalue weighted by Crippen LogP contribution is 2.25. The van der Waals surface area contributed by atoms with Crippen LogP contribution in [-0.4, -0.2) is 31.9 Å². The van der Waals surface area contributed by atoms with Gasteiger partial charge in [0, 0.05) is 11.1 Å². The van der Waals surface area contributed by atoms with Crippen LogP contribution in [0.15, 0.2) is 71.8 Å². The third-order valence-corrected chi connectivity index (χ3v) is 5.01. The second-order valence-electron chi connectivity index (χ2n) is 7.17. The number of amides is 1. The first kappa shape index (κ1) is 20.7. The predicted octanol–water partition coefficient (Wildman–Crippen LogP) is 3.77. The zero-order valence-electron chi connectivity index (χ0n) is 17.1. The van der Waals surface area contributed by atoms with Crippen LogP contribution < -0.4 is 5.43 Å². The number of carbonyl (C=O) groups is 1. The van der Waals surface area contributed by atoms with Crippen LogP contribution in [0.5, 0.6) is 5.75 Å². The number of hydrogen-bond acceptors (Lipinski definition) is 6. The Morgan fingerprint density at radius 2 is 1.94 bits per heavy atom. The zero-order valence-corrected chi connectivity index (χ0v) is 17.1. The maximum atomic E-state index is 12.4. The van der Waals surface area contributed by atoms with Gasteiger partial charge < -0.3 is 15.2 Å². The van der Waals surface area contributed by atoms with Crippen molar-refractivity contribution in [3.8, 4) is 5.75 Å². The summed E-state index contributed by atoms with van der Waals surface area (Å²) in [6.45, 7) is 2.09. The van der Waals surface area contributed by atoms with Gasteiger partial charge in [-0.3, -0.25) is 4.79 Å². The number of rotatable bonds is 6. The quantitative estimate of drug-likeness (QED) is 0.274. The maximum absolute atomic E-state index is 12.4. The van der Waals surface area contributed by atoms with Crippen molar-refractivity contribution in [2.75, 3.05) is 0 Å². The normalized spacial score (nSPS) is 11.2. The molecule has 9 heteroatoms. The van der Waals surface area contributed by atoms with Crippen molar-refractivity contribution in [2.45, 2.75) is 13.5 Å². The van der Waals surface area contributed by atoms with Gasteiger partial charge in [-0.15, -0.1) is 0 Å². The van der Waals surface area contributed by atoms with E-state index in [-0.39, 0.29) is 11.6 Å². The number of carbonyl (C=O) groups excluding carboxylic acids is 1. The number of nitrogens with one attached hydrogen (secondary N) is 1. The van der Waals surface area contributed by atoms with Crippen LogP contribution in [-0.2, 0) is 6.54 Å². The lowest BCUT2D eigenvalue weighted by Gasteiger charge is -2.05. The van der Waals surface area contributed by atoms with E-state index in [0.29, 0.717) is 23.4 Å². The lowest BCUT2D eigenvalue weighted by molar-refractivity contribution is -0.389. The molecule has 0 bridgehead atoms. The van der Waals surface area contributed by atoms with Gasteiger partial charge in [-0.05, 0) is 46.4 Å². The monoisotopic (exact) mass is 429 g/mol. The molecule has 4 rings (SSSR count). The molecule has 2 N–H and O–H groups in total. The Kier molecular flexibility index (Phi) is 5.63. The lowest BCUT2D eigenvalue weighted by atomic mass is 10.0. The van der Waals surface area contributed by atoms with E-state index >= 15 is 0 Å². The number of nitrogens with zero attached hydrogens (tertiary/aromatic N) is 4. The first-order valence-electron chi connectivity index (χ1n) is 9.74. The average Bonchev–Trinajstić information content (AvgIpc) is 3.16. The summed E-state index contributed by atoms with van der Waals surface area (Å²) >= 11 is 0. The average molecular weight is 429 g/mol. The van der Waals surface area contributed by atoms with Gasteiger partial charge in [0.05, 0.1) is 29.6 Å². The molecule has 0 aliphatic rings. The van der Waals surface area contributed by atoms with Crippen molar-refractivity contribution in [3.05, 3.63) is 99.2 Å². The number of phenols is 1. The van der Waals surface area contributed by atoms with E-state index in [1.807, 2.05) is 30.3 Å². The number of aromatic hydroxyl groups is 1. The fraction of sp³-hybridized carbons (Fsp3) is 0.0870. The van der Waals surface area contributed by atoms with Gasteiger partial charge in [-0.2, -0.15) is 9.78 Å². The van der Waals surface area contributed by atoms with Crippen molar-refractivity contribution in [1.29, 1.82) is 0 Å². The molecule has 0 aliphatic carbocycles. The van der Waals surface area contributed by atoms with E-state index in [2.05, 4.69) is 15.6 Å². The van der Waals surface area contributed by atoms with Crippen molar-refractivity contribution in [3.63, 3.8) is 0 Å². The Balaban J connectivity index is 1.44. The Morgan fingerprint density at radius 1 is 1.19 bits per heavy atom. The summed E-state index contributed by atoms with van der Waals surface area (Å²) in [5, 5.41) is 30.7. The van der Waals surface area contributed by atoms with E-state index in [9.17, 15) is 20.0 Å². The highest BCUT2D eigenvalue weighted by molar-refractivity contribution is 6.03. The van der Waals surface area contributed by atoms with Crippen molar-refractivity contribution in [1.82, 2.24) is 15.2 Å². The van der Waals surface area contributed by atoms with Gasteiger partial charge in [0.2, 0.25) is 0 Å². The van der Waals surface area contributed by atoms with E-state index in [0.717, 1.165) is 16.3 Å². The molecule has 1 amide bonds. The van der Waals surface area contributed by atoms with E-state index in [4.69, 9.17) is 0 Å². The minimum atomic E-state index is -0.532. The summed E-state index contributed by atoms with van der Waals surface area (Å²) < 4.78 is 1.54. The van der Waals surface area contributed by atoms with Gasteiger partial charge in [0.15, 0.2) is 0 Å². The molecular formula is C23H19N5O4. The molecule has 32 heavy (non-hydrogen) atoms. The van der Waals surface area contributed by atoms with Crippen molar-refractivity contribution >= 4 is 28.7 Å². The van der Waals surface area contributed by atoms with Crippen LogP contribution in [0.2, 0.25) is 0 Å². The molecule has 0 atom stereocenters. The Hall–Kier alpha value is -4.53. The summed E-state index contributed by atoms with van der Waals surface area (Å²) in [6, 6.07) is 19.2. The van der Waals surface area contributed by atoms with Crippen LogP contribution in [0.1, 0.15) is 27.2 Å². The second-order valence-corrected chi connectivity index (χ2v) is 7.17. The molecule has 0 radical (unpaired) electrons. The van der Waals surface area contributed by atoms with Crippen LogP contribution in [0.3, 0.4) is 0 Å². The number of phenolic OH excluding ortho intramolecular Hbond substituents is 1. The molecule has 1 heterocycles. The van der Waals surface area contributed by atoms with Crippen LogP contribution in [0, 0.1) is 17.0 Å². The molecule has 0 spiro atoms. The zero-order chi connectivity index (χ0) is 22.7. The minimum Gasteiger partial charge on any atom is -0.507 e. The third-order valence-electron chi connectivity index (χ3n) is 5.01. The molecule has 0 fully saturated rings. The lowest BCUT2D eigenvalue weighted by Crippen LogP contribution is -2.17. The van der Waals surface area contributed by atoms with Crippen LogP contribution in [0.4, 0.5) is 5.82 Å². The highest BCUT2D eigenvalue weighted by atomic mass is 16.6. The van der Waals surface area contributed by atoms with E-state index < -0.39 is 10.8 Å². The molecule has 4 aromatic rings. The number of aromatic nitrogens is 2. The first-order chi connectivity index (χ1) is 15.4. The second kappa shape index (κ2) is 8.68. The topological polar surface area (TPSA) is 123 Å². The standard InChI is InChI=1S/C23H19N5O4/c1-15-12-22(28(31)32)26-27(15)14-16-6-8-18(9-7-16)23(30)25-24-13-20-19-5-3-2-4-17(19)10-11-21(20)29/h2-13,29H,14H2,1H3,(H,25,30). The number of hydrogen-bond donors (Lipinski definition) is 2.